The number of hydrogen-bond donors (Lipinski definition) is 0. The first-order valence-electron chi connectivity index (χ1n) is 5.44. The molecule has 2 aromatic rings. The zero-order chi connectivity index (χ0) is 12.4. The van der Waals surface area contributed by atoms with Crippen molar-refractivity contribution in [2.24, 2.45) is 0 Å². The van der Waals surface area contributed by atoms with E-state index in [9.17, 15) is 0 Å². The summed E-state index contributed by atoms with van der Waals surface area (Å²) in [6, 6.07) is 4.03. The second-order valence-corrected chi connectivity index (χ2v) is 4.87. The molecule has 0 atom stereocenters. The first kappa shape index (κ1) is 11.9. The van der Waals surface area contributed by atoms with Crippen molar-refractivity contribution in [1.29, 1.82) is 0 Å². The van der Waals surface area contributed by atoms with Gasteiger partial charge in [0.1, 0.15) is 0 Å². The molecule has 1 heterocycles. The Morgan fingerprint density at radius 3 is 2.94 bits per heavy atom. The van der Waals surface area contributed by atoms with Gasteiger partial charge in [0.2, 0.25) is 0 Å². The number of hydrogen-bond acceptors (Lipinski definition) is 0. The Balaban J connectivity index is 2.62. The zero-order valence-electron chi connectivity index (χ0n) is 9.70. The van der Waals surface area contributed by atoms with Crippen LogP contribution in [-0.2, 0) is 6.54 Å². The largest absolute Gasteiger partial charge is 0.346 e. The zero-order valence-corrected chi connectivity index (χ0v) is 11.3. The molecule has 1 aromatic heterocycles. The van der Waals surface area contributed by atoms with Crippen molar-refractivity contribution in [3.8, 4) is 0 Å². The molecule has 0 radical (unpaired) electrons. The highest BCUT2D eigenvalue weighted by Crippen LogP contribution is 2.32. The number of aryl methyl sites for hydroxylation is 2. The molecule has 0 unspecified atom stereocenters. The normalized spacial score (nSPS) is 10.4. The molecule has 0 saturated heterocycles. The lowest BCUT2D eigenvalue weighted by Crippen LogP contribution is -1.94. The van der Waals surface area contributed by atoms with Crippen LogP contribution in [0.3, 0.4) is 0 Å². The van der Waals surface area contributed by atoms with Gasteiger partial charge in [-0.1, -0.05) is 6.08 Å². The molecule has 2 rings (SSSR count). The second kappa shape index (κ2) is 4.77. The molecule has 0 fully saturated rings. The number of halogens is 1. The van der Waals surface area contributed by atoms with E-state index >= 15 is 0 Å². The molecule has 86 valence electrons. The van der Waals surface area contributed by atoms with Gasteiger partial charge in [-0.15, -0.1) is 6.58 Å². The minimum absolute atomic E-state index is 0.722. The maximum atomic E-state index is 7.14. The highest BCUT2D eigenvalue weighted by atomic mass is 79.9. The minimum Gasteiger partial charge on any atom is -0.346 e. The molecule has 2 nitrogen and oxygen atoms in total. The summed E-state index contributed by atoms with van der Waals surface area (Å²) in [4.78, 5) is 3.54. The van der Waals surface area contributed by atoms with Crippen LogP contribution in [0.15, 0.2) is 35.5 Å². The van der Waals surface area contributed by atoms with E-state index in [1.165, 1.54) is 5.52 Å². The Labute approximate surface area is 110 Å². The fourth-order valence-corrected chi connectivity index (χ4v) is 2.49. The average Bonchev–Trinajstić information content (AvgIpc) is 2.62. The molecule has 3 heteroatoms. The summed E-state index contributed by atoms with van der Waals surface area (Å²) in [5.41, 5.74) is 2.92. The monoisotopic (exact) mass is 288 g/mol. The van der Waals surface area contributed by atoms with E-state index in [4.69, 9.17) is 6.57 Å². The van der Waals surface area contributed by atoms with E-state index in [1.807, 2.05) is 19.1 Å². The Morgan fingerprint density at radius 1 is 1.53 bits per heavy atom. The van der Waals surface area contributed by atoms with Crippen LogP contribution < -0.4 is 0 Å². The molecule has 0 saturated carbocycles. The number of benzene rings is 1. The van der Waals surface area contributed by atoms with E-state index in [1.54, 1.807) is 0 Å². The van der Waals surface area contributed by atoms with Crippen molar-refractivity contribution >= 4 is 32.5 Å². The Bertz CT molecular complexity index is 617. The van der Waals surface area contributed by atoms with Gasteiger partial charge in [-0.05, 0) is 47.0 Å². The van der Waals surface area contributed by atoms with Gasteiger partial charge >= 0.3 is 0 Å². The third-order valence-corrected chi connectivity index (χ3v) is 3.48. The maximum Gasteiger partial charge on any atom is 0.190 e. The van der Waals surface area contributed by atoms with E-state index < -0.39 is 0 Å². The Kier molecular flexibility index (Phi) is 3.35. The molecule has 0 spiro atoms. The van der Waals surface area contributed by atoms with Crippen molar-refractivity contribution < 1.29 is 0 Å². The summed E-state index contributed by atoms with van der Waals surface area (Å²) in [6.07, 6.45) is 4.93. The average molecular weight is 289 g/mol. The van der Waals surface area contributed by atoms with Crippen LogP contribution in [0.5, 0.6) is 0 Å². The van der Waals surface area contributed by atoms with Crippen LogP contribution >= 0.6 is 15.9 Å². The van der Waals surface area contributed by atoms with Gasteiger partial charge in [-0.2, -0.15) is 0 Å². The SMILES string of the molecule is [C-]#[N+]c1cc2c(Br)cn(CCC=C)c2cc1C. The Morgan fingerprint density at radius 2 is 2.29 bits per heavy atom. The lowest BCUT2D eigenvalue weighted by atomic mass is 10.1. The Hall–Kier alpha value is -1.53. The van der Waals surface area contributed by atoms with Crippen LogP contribution in [0.2, 0.25) is 0 Å². The lowest BCUT2D eigenvalue weighted by molar-refractivity contribution is 0.738. The molecule has 1 aromatic carbocycles. The van der Waals surface area contributed by atoms with Crippen LogP contribution in [0.1, 0.15) is 12.0 Å². The summed E-state index contributed by atoms with van der Waals surface area (Å²) in [5, 5.41) is 1.10. The first-order chi connectivity index (χ1) is 8.17. The number of rotatable bonds is 3. The molecular formula is C14H13BrN2. The maximum absolute atomic E-state index is 7.14. The van der Waals surface area contributed by atoms with Gasteiger partial charge in [0.05, 0.1) is 6.57 Å². The molecular weight excluding hydrogens is 276 g/mol. The lowest BCUT2D eigenvalue weighted by Gasteiger charge is -2.04. The van der Waals surface area contributed by atoms with E-state index in [0.717, 1.165) is 34.1 Å². The molecule has 17 heavy (non-hydrogen) atoms. The predicted octanol–water partition coefficient (Wildman–Crippen LogP) is 4.84. The molecule has 0 aliphatic heterocycles. The smallest absolute Gasteiger partial charge is 0.190 e. The molecule has 0 N–H and O–H groups in total. The van der Waals surface area contributed by atoms with Gasteiger partial charge < -0.3 is 4.57 Å². The first-order valence-corrected chi connectivity index (χ1v) is 6.24. The number of fused-ring (bicyclic) bond motifs is 1. The van der Waals surface area contributed by atoms with Gasteiger partial charge in [0.15, 0.2) is 5.69 Å². The number of allylic oxidation sites excluding steroid dienone is 1. The van der Waals surface area contributed by atoms with Crippen molar-refractivity contribution in [2.45, 2.75) is 19.9 Å². The standard InChI is InChI=1S/C14H13BrN2/c1-4-5-6-17-9-12(15)11-8-13(16-3)10(2)7-14(11)17/h4,7-9H,1,5-6H2,2H3. The third-order valence-electron chi connectivity index (χ3n) is 2.84. The summed E-state index contributed by atoms with van der Waals surface area (Å²) < 4.78 is 3.24. The van der Waals surface area contributed by atoms with Gasteiger partial charge in [0.25, 0.3) is 0 Å². The van der Waals surface area contributed by atoms with Gasteiger partial charge in [-0.25, -0.2) is 4.85 Å². The van der Waals surface area contributed by atoms with Crippen molar-refractivity contribution in [1.82, 2.24) is 4.57 Å². The summed E-state index contributed by atoms with van der Waals surface area (Å²) in [5.74, 6) is 0. The second-order valence-electron chi connectivity index (χ2n) is 4.02. The molecule has 0 amide bonds. The number of nitrogens with zero attached hydrogens (tertiary/aromatic N) is 2. The van der Waals surface area contributed by atoms with Crippen LogP contribution in [0, 0.1) is 13.5 Å². The van der Waals surface area contributed by atoms with E-state index in [-0.39, 0.29) is 0 Å². The third kappa shape index (κ3) is 2.13. The van der Waals surface area contributed by atoms with Crippen LogP contribution in [-0.4, -0.2) is 4.57 Å². The summed E-state index contributed by atoms with van der Waals surface area (Å²) in [7, 11) is 0. The molecule has 0 aliphatic rings. The molecule has 0 aliphatic carbocycles. The highest BCUT2D eigenvalue weighted by Gasteiger charge is 2.09. The van der Waals surface area contributed by atoms with Crippen LogP contribution in [0.25, 0.3) is 15.7 Å². The minimum atomic E-state index is 0.722. The predicted molar refractivity (Wildman–Crippen MR) is 75.5 cm³/mol. The van der Waals surface area contributed by atoms with Crippen molar-refractivity contribution in [3.63, 3.8) is 0 Å². The molecule has 0 bridgehead atoms. The van der Waals surface area contributed by atoms with Crippen molar-refractivity contribution in [3.05, 3.63) is 52.4 Å². The fraction of sp³-hybridized carbons (Fsp3) is 0.214. The van der Waals surface area contributed by atoms with E-state index in [2.05, 4.69) is 44.2 Å². The fourth-order valence-electron chi connectivity index (χ4n) is 1.92. The van der Waals surface area contributed by atoms with Crippen molar-refractivity contribution in [2.75, 3.05) is 0 Å². The topological polar surface area (TPSA) is 9.29 Å². The van der Waals surface area contributed by atoms with Gasteiger partial charge in [0, 0.05) is 28.1 Å². The summed E-state index contributed by atoms with van der Waals surface area (Å²) >= 11 is 3.55. The number of aromatic nitrogens is 1. The van der Waals surface area contributed by atoms with E-state index in [0.29, 0.717) is 0 Å². The highest BCUT2D eigenvalue weighted by molar-refractivity contribution is 9.10. The van der Waals surface area contributed by atoms with Crippen LogP contribution in [0.4, 0.5) is 5.69 Å². The quantitative estimate of drug-likeness (QED) is 0.565. The van der Waals surface area contributed by atoms with Gasteiger partial charge in [-0.3, -0.25) is 0 Å². The summed E-state index contributed by atoms with van der Waals surface area (Å²) in [6.45, 7) is 13.8.